The standard InChI is InChI=1S/C11H14ClNO2/c1-14-11-3-2-8(12)6-9(11)10-7-15-5-4-13-10/h2-3,6,10,13H,4-5,7H2,1H3/t10-/m0/s1. The monoisotopic (exact) mass is 227 g/mol. The van der Waals surface area contributed by atoms with Crippen LogP contribution in [-0.2, 0) is 4.74 Å². The van der Waals surface area contributed by atoms with Crippen molar-refractivity contribution >= 4 is 11.6 Å². The van der Waals surface area contributed by atoms with Gasteiger partial charge in [0.15, 0.2) is 0 Å². The van der Waals surface area contributed by atoms with Crippen molar-refractivity contribution < 1.29 is 9.47 Å². The van der Waals surface area contributed by atoms with Gasteiger partial charge in [-0.25, -0.2) is 0 Å². The first-order valence-corrected chi connectivity index (χ1v) is 5.33. The maximum Gasteiger partial charge on any atom is 0.123 e. The van der Waals surface area contributed by atoms with Crippen molar-refractivity contribution in [1.29, 1.82) is 0 Å². The molecule has 4 heteroatoms. The van der Waals surface area contributed by atoms with E-state index >= 15 is 0 Å². The Bertz CT molecular complexity index is 337. The predicted octanol–water partition coefficient (Wildman–Crippen LogP) is 2.01. The molecule has 0 aliphatic carbocycles. The zero-order valence-corrected chi connectivity index (χ0v) is 9.38. The van der Waals surface area contributed by atoms with Crippen LogP contribution in [0, 0.1) is 0 Å². The first-order chi connectivity index (χ1) is 7.31. The molecular formula is C11H14ClNO2. The number of hydrogen-bond acceptors (Lipinski definition) is 3. The Morgan fingerprint density at radius 2 is 2.40 bits per heavy atom. The fraction of sp³-hybridized carbons (Fsp3) is 0.455. The number of hydrogen-bond donors (Lipinski definition) is 1. The molecule has 15 heavy (non-hydrogen) atoms. The molecular weight excluding hydrogens is 214 g/mol. The van der Waals surface area contributed by atoms with Crippen LogP contribution in [0.4, 0.5) is 0 Å². The topological polar surface area (TPSA) is 30.5 Å². The molecule has 0 amide bonds. The summed E-state index contributed by atoms with van der Waals surface area (Å²) in [5.41, 5.74) is 1.06. The molecule has 1 heterocycles. The smallest absolute Gasteiger partial charge is 0.123 e. The van der Waals surface area contributed by atoms with Gasteiger partial charge < -0.3 is 14.8 Å². The molecule has 1 aliphatic rings. The summed E-state index contributed by atoms with van der Waals surface area (Å²) in [4.78, 5) is 0. The van der Waals surface area contributed by atoms with E-state index in [1.165, 1.54) is 0 Å². The Hall–Kier alpha value is -0.770. The van der Waals surface area contributed by atoms with Crippen LogP contribution < -0.4 is 10.1 Å². The summed E-state index contributed by atoms with van der Waals surface area (Å²) in [5, 5.41) is 4.09. The highest BCUT2D eigenvalue weighted by Crippen LogP contribution is 2.29. The van der Waals surface area contributed by atoms with Gasteiger partial charge in [0.05, 0.1) is 26.4 Å². The molecule has 1 atom stereocenters. The normalized spacial score (nSPS) is 21.3. The number of morpholine rings is 1. The first kappa shape index (κ1) is 10.7. The average Bonchev–Trinajstić information content (AvgIpc) is 2.30. The first-order valence-electron chi connectivity index (χ1n) is 4.96. The Labute approximate surface area is 94.3 Å². The van der Waals surface area contributed by atoms with Crippen molar-refractivity contribution in [3.63, 3.8) is 0 Å². The third-order valence-corrected chi connectivity index (χ3v) is 2.72. The Morgan fingerprint density at radius 3 is 3.07 bits per heavy atom. The molecule has 0 spiro atoms. The van der Waals surface area contributed by atoms with E-state index in [4.69, 9.17) is 21.1 Å². The van der Waals surface area contributed by atoms with Crippen molar-refractivity contribution in [3.8, 4) is 5.75 Å². The minimum atomic E-state index is 0.174. The molecule has 1 aromatic rings. The van der Waals surface area contributed by atoms with Gasteiger partial charge in [-0.15, -0.1) is 0 Å². The largest absolute Gasteiger partial charge is 0.496 e. The van der Waals surface area contributed by atoms with Crippen LogP contribution >= 0.6 is 11.6 Å². The Morgan fingerprint density at radius 1 is 1.53 bits per heavy atom. The number of nitrogens with one attached hydrogen (secondary N) is 1. The van der Waals surface area contributed by atoms with E-state index in [1.807, 2.05) is 18.2 Å². The maximum absolute atomic E-state index is 5.97. The molecule has 0 radical (unpaired) electrons. The third kappa shape index (κ3) is 2.43. The molecule has 0 unspecified atom stereocenters. The highest BCUT2D eigenvalue weighted by Gasteiger charge is 2.19. The van der Waals surface area contributed by atoms with E-state index in [0.29, 0.717) is 6.61 Å². The fourth-order valence-electron chi connectivity index (χ4n) is 1.74. The average molecular weight is 228 g/mol. The van der Waals surface area contributed by atoms with Gasteiger partial charge in [0.1, 0.15) is 5.75 Å². The van der Waals surface area contributed by atoms with Crippen LogP contribution in [-0.4, -0.2) is 26.9 Å². The van der Waals surface area contributed by atoms with Gasteiger partial charge in [0, 0.05) is 17.1 Å². The molecule has 1 fully saturated rings. The summed E-state index contributed by atoms with van der Waals surface area (Å²) in [7, 11) is 1.66. The summed E-state index contributed by atoms with van der Waals surface area (Å²) in [5.74, 6) is 0.849. The van der Waals surface area contributed by atoms with Crippen LogP contribution in [0.2, 0.25) is 5.02 Å². The highest BCUT2D eigenvalue weighted by molar-refractivity contribution is 6.30. The summed E-state index contributed by atoms with van der Waals surface area (Å²) in [6.45, 7) is 2.29. The Balaban J connectivity index is 2.27. The van der Waals surface area contributed by atoms with Crippen LogP contribution in [0.3, 0.4) is 0 Å². The molecule has 0 bridgehead atoms. The lowest BCUT2D eigenvalue weighted by Gasteiger charge is -2.25. The highest BCUT2D eigenvalue weighted by atomic mass is 35.5. The van der Waals surface area contributed by atoms with Gasteiger partial charge in [-0.3, -0.25) is 0 Å². The lowest BCUT2D eigenvalue weighted by atomic mass is 10.1. The quantitative estimate of drug-likeness (QED) is 0.839. The molecule has 3 nitrogen and oxygen atoms in total. The summed E-state index contributed by atoms with van der Waals surface area (Å²) < 4.78 is 10.7. The molecule has 1 aliphatic heterocycles. The molecule has 82 valence electrons. The van der Waals surface area contributed by atoms with Crippen molar-refractivity contribution in [2.24, 2.45) is 0 Å². The van der Waals surface area contributed by atoms with E-state index in [2.05, 4.69) is 5.32 Å². The van der Waals surface area contributed by atoms with Crippen molar-refractivity contribution in [1.82, 2.24) is 5.32 Å². The van der Waals surface area contributed by atoms with Gasteiger partial charge in [-0.05, 0) is 18.2 Å². The van der Waals surface area contributed by atoms with Crippen LogP contribution in [0.1, 0.15) is 11.6 Å². The van der Waals surface area contributed by atoms with Crippen molar-refractivity contribution in [2.75, 3.05) is 26.9 Å². The fourth-order valence-corrected chi connectivity index (χ4v) is 1.92. The second-order valence-corrected chi connectivity index (χ2v) is 3.90. The lowest BCUT2D eigenvalue weighted by Crippen LogP contribution is -2.34. The molecule has 0 saturated carbocycles. The van der Waals surface area contributed by atoms with Crippen LogP contribution in [0.5, 0.6) is 5.75 Å². The van der Waals surface area contributed by atoms with Crippen molar-refractivity contribution in [3.05, 3.63) is 28.8 Å². The van der Waals surface area contributed by atoms with Crippen LogP contribution in [0.25, 0.3) is 0 Å². The molecule has 1 saturated heterocycles. The van der Waals surface area contributed by atoms with E-state index in [1.54, 1.807) is 7.11 Å². The molecule has 0 aromatic heterocycles. The molecule has 2 rings (SSSR count). The SMILES string of the molecule is COc1ccc(Cl)cc1[C@@H]1COCCN1. The molecule has 1 aromatic carbocycles. The van der Waals surface area contributed by atoms with E-state index in [9.17, 15) is 0 Å². The van der Waals surface area contributed by atoms with E-state index < -0.39 is 0 Å². The minimum absolute atomic E-state index is 0.174. The third-order valence-electron chi connectivity index (χ3n) is 2.49. The number of benzene rings is 1. The van der Waals surface area contributed by atoms with Gasteiger partial charge in [0.25, 0.3) is 0 Å². The van der Waals surface area contributed by atoms with E-state index in [0.717, 1.165) is 29.5 Å². The number of halogens is 1. The second kappa shape index (κ2) is 4.84. The number of methoxy groups -OCH3 is 1. The lowest BCUT2D eigenvalue weighted by molar-refractivity contribution is 0.0760. The molecule has 1 N–H and O–H groups in total. The zero-order chi connectivity index (χ0) is 10.7. The summed E-state index contributed by atoms with van der Waals surface area (Å²) >= 11 is 5.97. The van der Waals surface area contributed by atoms with Gasteiger partial charge in [-0.2, -0.15) is 0 Å². The predicted molar refractivity (Wildman–Crippen MR) is 59.6 cm³/mol. The van der Waals surface area contributed by atoms with Gasteiger partial charge in [-0.1, -0.05) is 11.6 Å². The van der Waals surface area contributed by atoms with E-state index in [-0.39, 0.29) is 6.04 Å². The van der Waals surface area contributed by atoms with Gasteiger partial charge >= 0.3 is 0 Å². The minimum Gasteiger partial charge on any atom is -0.496 e. The number of ether oxygens (including phenoxy) is 2. The maximum atomic E-state index is 5.97. The summed E-state index contributed by atoms with van der Waals surface area (Å²) in [6, 6.07) is 5.81. The zero-order valence-electron chi connectivity index (χ0n) is 8.63. The summed E-state index contributed by atoms with van der Waals surface area (Å²) in [6.07, 6.45) is 0. The van der Waals surface area contributed by atoms with Crippen LogP contribution in [0.15, 0.2) is 18.2 Å². The van der Waals surface area contributed by atoms with Gasteiger partial charge in [0.2, 0.25) is 0 Å². The van der Waals surface area contributed by atoms with Crippen molar-refractivity contribution in [2.45, 2.75) is 6.04 Å². The number of rotatable bonds is 2. The Kier molecular flexibility index (Phi) is 3.46. The second-order valence-electron chi connectivity index (χ2n) is 3.47.